The molecule has 0 aliphatic carbocycles. The predicted molar refractivity (Wildman–Crippen MR) is 75.5 cm³/mol. The van der Waals surface area contributed by atoms with E-state index in [4.69, 9.17) is 10.6 Å². The third-order valence-electron chi connectivity index (χ3n) is 2.28. The van der Waals surface area contributed by atoms with E-state index in [0.717, 1.165) is 0 Å². The number of nitrogen functional groups attached to an aromatic ring is 1. The van der Waals surface area contributed by atoms with Gasteiger partial charge in [0, 0.05) is 13.7 Å². The van der Waals surface area contributed by atoms with E-state index in [1.54, 1.807) is 14.0 Å². The first kappa shape index (κ1) is 15.6. The van der Waals surface area contributed by atoms with Crippen LogP contribution in [0.1, 0.15) is 6.92 Å². The van der Waals surface area contributed by atoms with Crippen molar-refractivity contribution in [2.24, 2.45) is 5.84 Å². The number of carbonyl (C=O) groups is 1. The van der Waals surface area contributed by atoms with Gasteiger partial charge in [0.2, 0.25) is 5.91 Å². The maximum atomic E-state index is 11.8. The summed E-state index contributed by atoms with van der Waals surface area (Å²) >= 11 is 3.30. The van der Waals surface area contributed by atoms with Crippen LogP contribution < -0.4 is 21.9 Å². The van der Waals surface area contributed by atoms with E-state index in [2.05, 4.69) is 42.0 Å². The van der Waals surface area contributed by atoms with E-state index in [1.807, 2.05) is 0 Å². The number of hydrogen-bond acceptors (Lipinski definition) is 7. The molecule has 1 amide bonds. The summed E-state index contributed by atoms with van der Waals surface area (Å²) in [6.07, 6.45) is 1.35. The van der Waals surface area contributed by atoms with Crippen molar-refractivity contribution in [3.8, 4) is 0 Å². The maximum Gasteiger partial charge on any atom is 0.242 e. The molecule has 0 bridgehead atoms. The topological polar surface area (TPSA) is 114 Å². The number of anilines is 2. The molecule has 19 heavy (non-hydrogen) atoms. The number of hydrazine groups is 1. The molecule has 5 N–H and O–H groups in total. The third-order valence-corrected chi connectivity index (χ3v) is 3.03. The summed E-state index contributed by atoms with van der Waals surface area (Å²) < 4.78 is 5.42. The zero-order valence-electron chi connectivity index (χ0n) is 10.7. The summed E-state index contributed by atoms with van der Waals surface area (Å²) in [4.78, 5) is 19.7. The number of ether oxygens (including phenoxy) is 1. The number of hydrogen-bond donors (Lipinski definition) is 4. The molecule has 8 nitrogen and oxygen atoms in total. The van der Waals surface area contributed by atoms with E-state index in [9.17, 15) is 4.79 Å². The van der Waals surface area contributed by atoms with Gasteiger partial charge in [-0.25, -0.2) is 15.8 Å². The first-order valence-corrected chi connectivity index (χ1v) is 6.39. The van der Waals surface area contributed by atoms with Crippen LogP contribution in [0.15, 0.2) is 10.8 Å². The Bertz CT molecular complexity index is 430. The van der Waals surface area contributed by atoms with Crippen molar-refractivity contribution >= 4 is 33.5 Å². The molecule has 0 fully saturated rings. The lowest BCUT2D eigenvalue weighted by atomic mass is 10.3. The highest BCUT2D eigenvalue weighted by atomic mass is 79.9. The molecule has 106 valence electrons. The van der Waals surface area contributed by atoms with Crippen molar-refractivity contribution in [1.82, 2.24) is 15.3 Å². The van der Waals surface area contributed by atoms with Crippen LogP contribution in [0, 0.1) is 0 Å². The molecule has 1 aromatic rings. The Morgan fingerprint density at radius 1 is 1.53 bits per heavy atom. The van der Waals surface area contributed by atoms with Gasteiger partial charge in [0.05, 0.1) is 6.61 Å². The summed E-state index contributed by atoms with van der Waals surface area (Å²) in [5.74, 6) is 6.07. The van der Waals surface area contributed by atoms with Crippen molar-refractivity contribution in [2.75, 3.05) is 31.0 Å². The molecule has 1 atom stereocenters. The fourth-order valence-electron chi connectivity index (χ4n) is 1.27. The minimum Gasteiger partial charge on any atom is -0.383 e. The minimum atomic E-state index is -0.450. The van der Waals surface area contributed by atoms with Crippen molar-refractivity contribution in [2.45, 2.75) is 13.0 Å². The van der Waals surface area contributed by atoms with Gasteiger partial charge in [0.1, 0.15) is 22.7 Å². The summed E-state index contributed by atoms with van der Waals surface area (Å²) in [7, 11) is 1.58. The van der Waals surface area contributed by atoms with Crippen molar-refractivity contribution < 1.29 is 9.53 Å². The minimum absolute atomic E-state index is 0.148. The van der Waals surface area contributed by atoms with Gasteiger partial charge in [-0.2, -0.15) is 0 Å². The Balaban J connectivity index is 2.61. The molecule has 0 saturated heterocycles. The second-order valence-electron chi connectivity index (χ2n) is 3.68. The fourth-order valence-corrected chi connectivity index (χ4v) is 1.70. The van der Waals surface area contributed by atoms with Gasteiger partial charge in [-0.3, -0.25) is 4.79 Å². The highest BCUT2D eigenvalue weighted by molar-refractivity contribution is 9.10. The molecular formula is C10H17BrN6O2. The summed E-state index contributed by atoms with van der Waals surface area (Å²) in [5, 5.41) is 5.69. The summed E-state index contributed by atoms with van der Waals surface area (Å²) in [6.45, 7) is 2.66. The quantitative estimate of drug-likeness (QED) is 0.318. The van der Waals surface area contributed by atoms with Gasteiger partial charge < -0.3 is 20.8 Å². The number of halogens is 1. The first-order valence-electron chi connectivity index (χ1n) is 5.60. The Kier molecular flexibility index (Phi) is 6.46. The number of rotatable bonds is 7. The van der Waals surface area contributed by atoms with E-state index < -0.39 is 6.04 Å². The number of nitrogens with zero attached hydrogens (tertiary/aromatic N) is 2. The summed E-state index contributed by atoms with van der Waals surface area (Å²) in [5.41, 5.74) is 2.42. The average Bonchev–Trinajstić information content (AvgIpc) is 2.41. The molecule has 9 heteroatoms. The molecule has 1 rings (SSSR count). The van der Waals surface area contributed by atoms with E-state index in [0.29, 0.717) is 29.3 Å². The van der Waals surface area contributed by atoms with Crippen LogP contribution in [0.25, 0.3) is 0 Å². The fraction of sp³-hybridized carbons (Fsp3) is 0.500. The molecule has 0 aliphatic heterocycles. The molecule has 0 aromatic carbocycles. The lowest BCUT2D eigenvalue weighted by Crippen LogP contribution is -2.39. The van der Waals surface area contributed by atoms with Crippen LogP contribution in [0.4, 0.5) is 11.6 Å². The van der Waals surface area contributed by atoms with Crippen LogP contribution in [0.2, 0.25) is 0 Å². The third kappa shape index (κ3) is 4.62. The SMILES string of the molecule is COCCNC(=O)C(C)Nc1ncnc(NN)c1Br. The van der Waals surface area contributed by atoms with Crippen molar-refractivity contribution in [3.05, 3.63) is 10.8 Å². The smallest absolute Gasteiger partial charge is 0.242 e. The highest BCUT2D eigenvalue weighted by Gasteiger charge is 2.15. The second kappa shape index (κ2) is 7.87. The zero-order valence-corrected chi connectivity index (χ0v) is 12.3. The number of carbonyl (C=O) groups excluding carboxylic acids is 1. The molecule has 0 aliphatic rings. The largest absolute Gasteiger partial charge is 0.383 e. The van der Waals surface area contributed by atoms with Crippen LogP contribution in [0.5, 0.6) is 0 Å². The van der Waals surface area contributed by atoms with Crippen molar-refractivity contribution in [3.63, 3.8) is 0 Å². The molecule has 1 unspecified atom stereocenters. The first-order chi connectivity index (χ1) is 9.10. The highest BCUT2D eigenvalue weighted by Crippen LogP contribution is 2.25. The maximum absolute atomic E-state index is 11.8. The normalized spacial score (nSPS) is 11.8. The van der Waals surface area contributed by atoms with Crippen LogP contribution in [-0.2, 0) is 9.53 Å². The lowest BCUT2D eigenvalue weighted by Gasteiger charge is -2.16. The second-order valence-corrected chi connectivity index (χ2v) is 4.47. The molecule has 1 heterocycles. The van der Waals surface area contributed by atoms with E-state index in [-0.39, 0.29) is 5.91 Å². The van der Waals surface area contributed by atoms with Gasteiger partial charge in [-0.15, -0.1) is 0 Å². The van der Waals surface area contributed by atoms with Crippen LogP contribution >= 0.6 is 15.9 Å². The van der Waals surface area contributed by atoms with E-state index in [1.165, 1.54) is 6.33 Å². The standard InChI is InChI=1S/C10H17BrN6O2/c1-6(10(18)13-3-4-19-2)16-8-7(11)9(17-12)15-5-14-8/h5-6H,3-4,12H2,1-2H3,(H,13,18)(H2,14,15,16,17). The van der Waals surface area contributed by atoms with Gasteiger partial charge in [-0.05, 0) is 22.9 Å². The number of methoxy groups -OCH3 is 1. The molecular weight excluding hydrogens is 316 g/mol. The Morgan fingerprint density at radius 2 is 2.21 bits per heavy atom. The average molecular weight is 333 g/mol. The molecule has 0 saturated carbocycles. The Labute approximate surface area is 119 Å². The number of nitrogens with two attached hydrogens (primary N) is 1. The zero-order chi connectivity index (χ0) is 14.3. The van der Waals surface area contributed by atoms with Crippen molar-refractivity contribution in [1.29, 1.82) is 0 Å². The van der Waals surface area contributed by atoms with Crippen LogP contribution in [0.3, 0.4) is 0 Å². The van der Waals surface area contributed by atoms with Gasteiger partial charge in [0.25, 0.3) is 0 Å². The van der Waals surface area contributed by atoms with Gasteiger partial charge in [-0.1, -0.05) is 0 Å². The summed E-state index contributed by atoms with van der Waals surface area (Å²) in [6, 6.07) is -0.450. The molecule has 0 radical (unpaired) electrons. The predicted octanol–water partition coefficient (Wildman–Crippen LogP) is 0.0877. The number of nitrogens with one attached hydrogen (secondary N) is 3. The molecule has 0 spiro atoms. The Hall–Kier alpha value is -1.45. The monoisotopic (exact) mass is 332 g/mol. The van der Waals surface area contributed by atoms with Gasteiger partial charge >= 0.3 is 0 Å². The lowest BCUT2D eigenvalue weighted by molar-refractivity contribution is -0.121. The van der Waals surface area contributed by atoms with Gasteiger partial charge in [0.15, 0.2) is 5.82 Å². The van der Waals surface area contributed by atoms with E-state index >= 15 is 0 Å². The Morgan fingerprint density at radius 3 is 2.84 bits per heavy atom. The number of amides is 1. The van der Waals surface area contributed by atoms with Crippen LogP contribution in [-0.4, -0.2) is 42.2 Å². The number of aromatic nitrogens is 2. The molecule has 1 aromatic heterocycles.